The summed E-state index contributed by atoms with van der Waals surface area (Å²) in [5.41, 5.74) is 0. The number of aliphatic hydroxyl groups excluding tert-OH is 3. The van der Waals surface area contributed by atoms with Crippen molar-refractivity contribution in [1.29, 1.82) is 0 Å². The van der Waals surface area contributed by atoms with E-state index in [1.165, 1.54) is 64.2 Å². The molecule has 5 atom stereocenters. The number of phosphoric ester groups is 2. The van der Waals surface area contributed by atoms with Gasteiger partial charge in [-0.3, -0.25) is 27.7 Å². The minimum atomic E-state index is -4.80. The number of carbonyl (C=O) groups excluding carboxylic acids is 2. The molecule has 0 saturated heterocycles. The minimum absolute atomic E-state index is 0.168. The number of allylic oxidation sites excluding steroid dienone is 12. The summed E-state index contributed by atoms with van der Waals surface area (Å²) in [5.74, 6) is -1.02. The van der Waals surface area contributed by atoms with Gasteiger partial charge in [0, 0.05) is 12.8 Å². The molecule has 0 rings (SSSR count). The van der Waals surface area contributed by atoms with Crippen LogP contribution in [0.25, 0.3) is 0 Å². The molecule has 0 aliphatic carbocycles. The van der Waals surface area contributed by atoms with Crippen molar-refractivity contribution in [2.24, 2.45) is 0 Å². The Labute approximate surface area is 422 Å². The molecule has 17 heteroatoms. The molecule has 0 radical (unpaired) electrons. The molecule has 0 amide bonds. The minimum Gasteiger partial charge on any atom is -0.463 e. The van der Waals surface area contributed by atoms with E-state index in [9.17, 15) is 43.8 Å². The van der Waals surface area contributed by atoms with Crippen molar-refractivity contribution in [3.05, 3.63) is 72.9 Å². The summed E-state index contributed by atoms with van der Waals surface area (Å²) in [5, 5.41) is 30.1. The molecular weight excluding hydrogens is 939 g/mol. The van der Waals surface area contributed by atoms with E-state index in [2.05, 4.69) is 100 Å². The average Bonchev–Trinajstić information content (AvgIpc) is 3.34. The Morgan fingerprint density at radius 1 is 0.371 bits per heavy atom. The number of carbonyl (C=O) groups is 2. The highest BCUT2D eigenvalue weighted by Crippen LogP contribution is 2.45. The number of unbranched alkanes of at least 4 members (excludes halogenated alkanes) is 18. The number of hydrogen-bond donors (Lipinski definition) is 5. The van der Waals surface area contributed by atoms with Crippen LogP contribution in [0.4, 0.5) is 0 Å². The van der Waals surface area contributed by atoms with E-state index >= 15 is 0 Å². The van der Waals surface area contributed by atoms with Gasteiger partial charge in [0.25, 0.3) is 0 Å². The van der Waals surface area contributed by atoms with Crippen LogP contribution in [0.3, 0.4) is 0 Å². The summed E-state index contributed by atoms with van der Waals surface area (Å²) in [6, 6.07) is 0. The van der Waals surface area contributed by atoms with E-state index in [-0.39, 0.29) is 12.8 Å². The highest BCUT2D eigenvalue weighted by atomic mass is 31.2. The van der Waals surface area contributed by atoms with Crippen LogP contribution in [0.2, 0.25) is 0 Å². The first kappa shape index (κ1) is 67.5. The van der Waals surface area contributed by atoms with E-state index < -0.39 is 85.5 Å². The van der Waals surface area contributed by atoms with Gasteiger partial charge in [0.1, 0.15) is 31.5 Å². The Bertz CT molecular complexity index is 1530. The third-order valence-electron chi connectivity index (χ3n) is 10.6. The van der Waals surface area contributed by atoms with Crippen molar-refractivity contribution in [1.82, 2.24) is 0 Å². The fraction of sp³-hybridized carbons (Fsp3) is 0.736. The summed E-state index contributed by atoms with van der Waals surface area (Å²) < 4.78 is 53.1. The fourth-order valence-electron chi connectivity index (χ4n) is 6.52. The van der Waals surface area contributed by atoms with Gasteiger partial charge < -0.3 is 34.6 Å². The molecule has 5 unspecified atom stereocenters. The number of aliphatic hydroxyl groups is 3. The average molecular weight is 1030 g/mol. The zero-order valence-electron chi connectivity index (χ0n) is 42.9. The molecule has 70 heavy (non-hydrogen) atoms. The molecule has 0 aromatic heterocycles. The second kappa shape index (κ2) is 48.7. The van der Waals surface area contributed by atoms with Crippen LogP contribution in [0.15, 0.2) is 72.9 Å². The Hall–Kier alpha value is -2.52. The van der Waals surface area contributed by atoms with Crippen LogP contribution >= 0.6 is 15.6 Å². The van der Waals surface area contributed by atoms with Crippen molar-refractivity contribution in [2.75, 3.05) is 39.6 Å². The van der Waals surface area contributed by atoms with Crippen molar-refractivity contribution >= 4 is 27.6 Å². The molecule has 5 N–H and O–H groups in total. The third kappa shape index (κ3) is 50.4. The lowest BCUT2D eigenvalue weighted by molar-refractivity contribution is -0.148. The molecule has 0 saturated carbocycles. The molecule has 0 spiro atoms. The largest absolute Gasteiger partial charge is 0.472 e. The number of rotatable bonds is 50. The first-order chi connectivity index (χ1) is 33.8. The topological polar surface area (TPSA) is 225 Å². The van der Waals surface area contributed by atoms with Crippen molar-refractivity contribution in [3.8, 4) is 0 Å². The van der Waals surface area contributed by atoms with Gasteiger partial charge in [-0.15, -0.1) is 0 Å². The SMILES string of the molecule is CCCCC/C=C\C/C=C\C/C=C\CCCCCCCCCCC(=O)OCC(O)COP(=O)(O)OCC(O)COP(=O)(O)OCC(O)COC(=O)CCCCCC/C=C\C/C=C\C/C=C\CCCCC. The number of hydrogen-bond acceptors (Lipinski definition) is 13. The zero-order valence-corrected chi connectivity index (χ0v) is 44.7. The summed E-state index contributed by atoms with van der Waals surface area (Å²) in [6.07, 6.45) is 50.2. The predicted molar refractivity (Wildman–Crippen MR) is 279 cm³/mol. The molecule has 15 nitrogen and oxygen atoms in total. The van der Waals surface area contributed by atoms with Gasteiger partial charge in [-0.1, -0.05) is 164 Å². The molecule has 0 bridgehead atoms. The second-order valence-corrected chi connectivity index (χ2v) is 20.4. The molecule has 0 aromatic carbocycles. The maximum absolute atomic E-state index is 12.2. The van der Waals surface area contributed by atoms with Gasteiger partial charge in [0.15, 0.2) is 0 Å². The Morgan fingerprint density at radius 3 is 0.914 bits per heavy atom. The van der Waals surface area contributed by atoms with E-state index in [1.54, 1.807) is 0 Å². The van der Waals surface area contributed by atoms with Gasteiger partial charge in [-0.05, 0) is 89.9 Å². The maximum Gasteiger partial charge on any atom is 0.472 e. The fourth-order valence-corrected chi connectivity index (χ4v) is 8.11. The molecule has 0 heterocycles. The lowest BCUT2D eigenvalue weighted by Gasteiger charge is -2.19. The van der Waals surface area contributed by atoms with Crippen LogP contribution in [0.1, 0.15) is 194 Å². The predicted octanol–water partition coefficient (Wildman–Crippen LogP) is 12.7. The van der Waals surface area contributed by atoms with E-state index in [0.717, 1.165) is 89.9 Å². The first-order valence-corrected chi connectivity index (χ1v) is 29.3. The molecular formula is C53H94O15P2. The zero-order chi connectivity index (χ0) is 51.7. The lowest BCUT2D eigenvalue weighted by atomic mass is 10.1. The number of phosphoric acid groups is 2. The lowest BCUT2D eigenvalue weighted by Crippen LogP contribution is -2.25. The first-order valence-electron chi connectivity index (χ1n) is 26.3. The third-order valence-corrected chi connectivity index (χ3v) is 12.5. The Kier molecular flexibility index (Phi) is 47.0. The van der Waals surface area contributed by atoms with Gasteiger partial charge in [0.05, 0.1) is 26.4 Å². The van der Waals surface area contributed by atoms with Gasteiger partial charge in [0.2, 0.25) is 0 Å². The van der Waals surface area contributed by atoms with E-state index in [0.29, 0.717) is 12.8 Å². The molecule has 0 fully saturated rings. The summed E-state index contributed by atoms with van der Waals surface area (Å²) in [6.45, 7) is 0.334. The van der Waals surface area contributed by atoms with Crippen LogP contribution in [-0.2, 0) is 46.3 Å². The normalized spacial score (nSPS) is 15.5. The molecule has 0 aromatic rings. The monoisotopic (exact) mass is 1030 g/mol. The second-order valence-electron chi connectivity index (χ2n) is 17.5. The Balaban J connectivity index is 3.89. The van der Waals surface area contributed by atoms with Crippen molar-refractivity contribution in [3.63, 3.8) is 0 Å². The van der Waals surface area contributed by atoms with Crippen molar-refractivity contribution < 1.29 is 71.4 Å². The summed E-state index contributed by atoms with van der Waals surface area (Å²) in [7, 11) is -9.59. The van der Waals surface area contributed by atoms with Crippen LogP contribution in [-0.4, -0.2) is 95.0 Å². The van der Waals surface area contributed by atoms with E-state index in [1.807, 2.05) is 0 Å². The highest BCUT2D eigenvalue weighted by molar-refractivity contribution is 7.47. The Morgan fingerprint density at radius 2 is 0.614 bits per heavy atom. The van der Waals surface area contributed by atoms with Crippen LogP contribution in [0, 0.1) is 0 Å². The standard InChI is InChI=1S/C53H94O15P2/c1-3-5-7-9-11-13-15-17-19-21-22-23-24-26-28-30-32-34-36-38-40-42-53(58)64-44-50(55)46-66-70(61,62)68-48-51(56)47-67-69(59,60)65-45-49(54)43-63-52(57)41-39-37-35-33-31-29-27-25-20-18-16-14-12-10-8-6-4-2/h11-14,17-20,22-23,27,29,49-51,54-56H,3-10,15-16,21,24-26,28,30-48H2,1-2H3,(H,59,60)(H,61,62)/b13-11-,14-12-,19-17-,20-18-,23-22-,29-27-. The molecule has 0 aliphatic rings. The molecule has 406 valence electrons. The van der Waals surface area contributed by atoms with E-state index in [4.69, 9.17) is 14.0 Å². The number of ether oxygens (including phenoxy) is 2. The highest BCUT2D eigenvalue weighted by Gasteiger charge is 2.28. The van der Waals surface area contributed by atoms with Crippen molar-refractivity contribution in [2.45, 2.75) is 212 Å². The van der Waals surface area contributed by atoms with Crippen LogP contribution in [0.5, 0.6) is 0 Å². The van der Waals surface area contributed by atoms with Gasteiger partial charge in [-0.2, -0.15) is 0 Å². The number of esters is 2. The quantitative estimate of drug-likeness (QED) is 0.0165. The molecule has 0 aliphatic heterocycles. The smallest absolute Gasteiger partial charge is 0.463 e. The van der Waals surface area contributed by atoms with Gasteiger partial charge >= 0.3 is 27.6 Å². The summed E-state index contributed by atoms with van der Waals surface area (Å²) in [4.78, 5) is 43.9. The van der Waals surface area contributed by atoms with Gasteiger partial charge in [-0.25, -0.2) is 9.13 Å². The maximum atomic E-state index is 12.2. The summed E-state index contributed by atoms with van der Waals surface area (Å²) >= 11 is 0. The van der Waals surface area contributed by atoms with Crippen LogP contribution < -0.4 is 0 Å².